The van der Waals surface area contributed by atoms with Crippen molar-refractivity contribution in [3.63, 3.8) is 0 Å². The highest BCUT2D eigenvalue weighted by Crippen LogP contribution is 2.33. The van der Waals surface area contributed by atoms with Crippen molar-refractivity contribution in [1.29, 1.82) is 0 Å². The van der Waals surface area contributed by atoms with Crippen LogP contribution in [0.4, 0.5) is 0 Å². The van der Waals surface area contributed by atoms with Crippen molar-refractivity contribution in [3.05, 3.63) is 24.0 Å². The standard InChI is InChI=1S/C15H25N3O2S/c1-16-8-3-5-14(16)15-6-4-9-17(15)11-13-7-10-18(12-13)21(2,19)20/h3,5,8,13,15H,4,6-7,9-12H2,1-2H3/t13-,15-/m0/s1. The molecule has 3 rings (SSSR count). The molecule has 118 valence electrons. The van der Waals surface area contributed by atoms with Crippen LogP contribution in [0, 0.1) is 5.92 Å². The van der Waals surface area contributed by atoms with Gasteiger partial charge >= 0.3 is 0 Å². The Kier molecular flexibility index (Phi) is 4.12. The van der Waals surface area contributed by atoms with E-state index in [1.165, 1.54) is 24.8 Å². The fourth-order valence-electron chi connectivity index (χ4n) is 3.78. The van der Waals surface area contributed by atoms with Gasteiger partial charge in [0.2, 0.25) is 10.0 Å². The van der Waals surface area contributed by atoms with Gasteiger partial charge in [0.1, 0.15) is 0 Å². The van der Waals surface area contributed by atoms with Crippen LogP contribution in [0.3, 0.4) is 0 Å². The summed E-state index contributed by atoms with van der Waals surface area (Å²) >= 11 is 0. The molecule has 2 fully saturated rings. The Balaban J connectivity index is 1.64. The maximum absolute atomic E-state index is 11.6. The number of nitrogens with zero attached hydrogens (tertiary/aromatic N) is 3. The fraction of sp³-hybridized carbons (Fsp3) is 0.733. The molecular formula is C15H25N3O2S. The lowest BCUT2D eigenvalue weighted by Crippen LogP contribution is -2.33. The number of likely N-dealkylation sites (tertiary alicyclic amines) is 1. The Bertz CT molecular complexity index is 596. The SMILES string of the molecule is Cn1cccc1[C@@H]1CCCN1C[C@@H]1CCN(S(C)(=O)=O)C1. The zero-order valence-corrected chi connectivity index (χ0v) is 13.7. The zero-order chi connectivity index (χ0) is 15.0. The van der Waals surface area contributed by atoms with E-state index < -0.39 is 10.0 Å². The summed E-state index contributed by atoms with van der Waals surface area (Å²) < 4.78 is 27.1. The first-order chi connectivity index (χ1) is 9.95. The van der Waals surface area contributed by atoms with Crippen molar-refractivity contribution in [2.24, 2.45) is 13.0 Å². The summed E-state index contributed by atoms with van der Waals surface area (Å²) in [6.45, 7) is 3.52. The Morgan fingerprint density at radius 2 is 2.10 bits per heavy atom. The molecular weight excluding hydrogens is 286 g/mol. The summed E-state index contributed by atoms with van der Waals surface area (Å²) in [5.74, 6) is 0.473. The Morgan fingerprint density at radius 3 is 2.71 bits per heavy atom. The first kappa shape index (κ1) is 15.1. The zero-order valence-electron chi connectivity index (χ0n) is 12.9. The van der Waals surface area contributed by atoms with Crippen molar-refractivity contribution in [2.45, 2.75) is 25.3 Å². The van der Waals surface area contributed by atoms with E-state index in [2.05, 4.69) is 34.8 Å². The van der Waals surface area contributed by atoms with Gasteiger partial charge in [-0.1, -0.05) is 0 Å². The van der Waals surface area contributed by atoms with Crippen LogP contribution in [0.5, 0.6) is 0 Å². The van der Waals surface area contributed by atoms with E-state index in [1.54, 1.807) is 4.31 Å². The van der Waals surface area contributed by atoms with Gasteiger partial charge in [0.05, 0.1) is 12.3 Å². The number of aromatic nitrogens is 1. The fourth-order valence-corrected chi connectivity index (χ4v) is 4.70. The molecule has 0 bridgehead atoms. The molecule has 0 N–H and O–H groups in total. The summed E-state index contributed by atoms with van der Waals surface area (Å²) in [6, 6.07) is 4.81. The molecule has 2 aliphatic heterocycles. The highest BCUT2D eigenvalue weighted by Gasteiger charge is 2.33. The summed E-state index contributed by atoms with van der Waals surface area (Å²) in [5, 5.41) is 0. The maximum Gasteiger partial charge on any atom is 0.211 e. The first-order valence-electron chi connectivity index (χ1n) is 7.75. The summed E-state index contributed by atoms with van der Waals surface area (Å²) in [4.78, 5) is 2.55. The quantitative estimate of drug-likeness (QED) is 0.845. The molecule has 0 spiro atoms. The minimum Gasteiger partial charge on any atom is -0.353 e. The van der Waals surface area contributed by atoms with Crippen molar-refractivity contribution < 1.29 is 8.42 Å². The van der Waals surface area contributed by atoms with Gasteiger partial charge in [-0.05, 0) is 43.9 Å². The molecule has 3 heterocycles. The highest BCUT2D eigenvalue weighted by molar-refractivity contribution is 7.88. The minimum atomic E-state index is -3.02. The number of rotatable bonds is 4. The van der Waals surface area contributed by atoms with Crippen LogP contribution >= 0.6 is 0 Å². The molecule has 0 aromatic carbocycles. The normalized spacial score (nSPS) is 28.5. The number of hydrogen-bond acceptors (Lipinski definition) is 3. The van der Waals surface area contributed by atoms with E-state index in [4.69, 9.17) is 0 Å². The van der Waals surface area contributed by atoms with Gasteiger partial charge < -0.3 is 4.57 Å². The predicted octanol–water partition coefficient (Wildman–Crippen LogP) is 1.44. The lowest BCUT2D eigenvalue weighted by atomic mass is 10.1. The average molecular weight is 311 g/mol. The second-order valence-electron chi connectivity index (χ2n) is 6.47. The van der Waals surface area contributed by atoms with Crippen LogP contribution in [0.25, 0.3) is 0 Å². The highest BCUT2D eigenvalue weighted by atomic mass is 32.2. The molecule has 1 aromatic rings. The van der Waals surface area contributed by atoms with E-state index in [9.17, 15) is 8.42 Å². The smallest absolute Gasteiger partial charge is 0.211 e. The first-order valence-corrected chi connectivity index (χ1v) is 9.60. The lowest BCUT2D eigenvalue weighted by Gasteiger charge is -2.27. The van der Waals surface area contributed by atoms with Gasteiger partial charge in [0.25, 0.3) is 0 Å². The molecule has 2 saturated heterocycles. The van der Waals surface area contributed by atoms with Crippen LogP contribution < -0.4 is 0 Å². The van der Waals surface area contributed by atoms with E-state index in [0.717, 1.165) is 19.5 Å². The van der Waals surface area contributed by atoms with Crippen LogP contribution in [0.2, 0.25) is 0 Å². The molecule has 21 heavy (non-hydrogen) atoms. The van der Waals surface area contributed by atoms with E-state index in [1.807, 2.05) is 0 Å². The third-order valence-electron chi connectivity index (χ3n) is 4.90. The summed E-state index contributed by atoms with van der Waals surface area (Å²) in [5.41, 5.74) is 1.38. The van der Waals surface area contributed by atoms with Gasteiger partial charge in [-0.2, -0.15) is 0 Å². The third-order valence-corrected chi connectivity index (χ3v) is 6.17. The average Bonchev–Trinajstić information content (AvgIpc) is 3.09. The molecule has 2 aliphatic rings. The van der Waals surface area contributed by atoms with Gasteiger partial charge in [-0.3, -0.25) is 4.90 Å². The van der Waals surface area contributed by atoms with E-state index >= 15 is 0 Å². The van der Waals surface area contributed by atoms with Gasteiger partial charge in [-0.15, -0.1) is 0 Å². The maximum atomic E-state index is 11.6. The summed E-state index contributed by atoms with van der Waals surface area (Å²) in [7, 11) is -0.918. The lowest BCUT2D eigenvalue weighted by molar-refractivity contribution is 0.213. The van der Waals surface area contributed by atoms with Crippen molar-refractivity contribution in [1.82, 2.24) is 13.8 Å². The second-order valence-corrected chi connectivity index (χ2v) is 8.46. The minimum absolute atomic E-state index is 0.473. The van der Waals surface area contributed by atoms with Gasteiger partial charge in [-0.25, -0.2) is 12.7 Å². The van der Waals surface area contributed by atoms with Crippen LogP contribution in [0.15, 0.2) is 18.3 Å². The van der Waals surface area contributed by atoms with Gasteiger partial charge in [0, 0.05) is 38.6 Å². The monoisotopic (exact) mass is 311 g/mol. The van der Waals surface area contributed by atoms with Crippen molar-refractivity contribution in [2.75, 3.05) is 32.4 Å². The molecule has 2 atom stereocenters. The second kappa shape index (κ2) is 5.74. The van der Waals surface area contributed by atoms with Crippen LogP contribution in [-0.4, -0.2) is 54.6 Å². The predicted molar refractivity (Wildman–Crippen MR) is 83.5 cm³/mol. The van der Waals surface area contributed by atoms with E-state index in [0.29, 0.717) is 25.0 Å². The molecule has 0 saturated carbocycles. The van der Waals surface area contributed by atoms with Gasteiger partial charge in [0.15, 0.2) is 0 Å². The van der Waals surface area contributed by atoms with Crippen molar-refractivity contribution >= 4 is 10.0 Å². The molecule has 0 aliphatic carbocycles. The largest absolute Gasteiger partial charge is 0.353 e. The Hall–Kier alpha value is -0.850. The number of aryl methyl sites for hydroxylation is 1. The molecule has 5 nitrogen and oxygen atoms in total. The van der Waals surface area contributed by atoms with E-state index in [-0.39, 0.29) is 0 Å². The molecule has 0 amide bonds. The topological polar surface area (TPSA) is 45.5 Å². The summed E-state index contributed by atoms with van der Waals surface area (Å²) in [6.07, 6.45) is 6.85. The number of sulfonamides is 1. The molecule has 0 unspecified atom stereocenters. The molecule has 6 heteroatoms. The third kappa shape index (κ3) is 3.17. The van der Waals surface area contributed by atoms with Crippen LogP contribution in [0.1, 0.15) is 31.0 Å². The number of hydrogen-bond donors (Lipinski definition) is 0. The Morgan fingerprint density at radius 1 is 1.29 bits per heavy atom. The Labute approximate surface area is 127 Å². The van der Waals surface area contributed by atoms with Crippen LogP contribution in [-0.2, 0) is 17.1 Å². The van der Waals surface area contributed by atoms with Crippen molar-refractivity contribution in [3.8, 4) is 0 Å². The molecule has 1 aromatic heterocycles. The molecule has 0 radical (unpaired) electrons.